The summed E-state index contributed by atoms with van der Waals surface area (Å²) in [5, 5.41) is 13.9. The van der Waals surface area contributed by atoms with Crippen LogP contribution in [-0.4, -0.2) is 23.8 Å². The van der Waals surface area contributed by atoms with Gasteiger partial charge in [-0.1, -0.05) is 12.8 Å². The Balaban J connectivity index is 1.98. The van der Waals surface area contributed by atoms with Crippen molar-refractivity contribution >= 4 is 0 Å². The lowest BCUT2D eigenvalue weighted by Crippen LogP contribution is -2.37. The van der Waals surface area contributed by atoms with Gasteiger partial charge in [-0.05, 0) is 51.1 Å². The fraction of sp³-hybridized carbons (Fsp3) is 1.00. The minimum atomic E-state index is -0.319. The fourth-order valence-electron chi connectivity index (χ4n) is 2.95. The van der Waals surface area contributed by atoms with Crippen LogP contribution in [0.25, 0.3) is 0 Å². The summed E-state index contributed by atoms with van der Waals surface area (Å²) in [5.74, 6) is 0.604. The molecule has 2 N–H and O–H groups in total. The van der Waals surface area contributed by atoms with E-state index in [-0.39, 0.29) is 5.60 Å². The third-order valence-corrected chi connectivity index (χ3v) is 3.81. The quantitative estimate of drug-likeness (QED) is 0.648. The van der Waals surface area contributed by atoms with E-state index in [1.54, 1.807) is 0 Å². The molecule has 2 heteroatoms. The van der Waals surface area contributed by atoms with Crippen LogP contribution in [0.1, 0.15) is 44.9 Å². The summed E-state index contributed by atoms with van der Waals surface area (Å²) in [6, 6.07) is 0. The van der Waals surface area contributed by atoms with Gasteiger partial charge >= 0.3 is 0 Å². The van der Waals surface area contributed by atoms with E-state index in [9.17, 15) is 5.11 Å². The van der Waals surface area contributed by atoms with E-state index < -0.39 is 0 Å². The molecule has 1 unspecified atom stereocenters. The summed E-state index contributed by atoms with van der Waals surface area (Å²) < 4.78 is 0. The monoisotopic (exact) mass is 183 g/mol. The normalized spacial score (nSPS) is 37.6. The molecule has 1 atom stereocenters. The van der Waals surface area contributed by atoms with E-state index >= 15 is 0 Å². The molecular formula is C11H21NO. The Morgan fingerprint density at radius 3 is 2.54 bits per heavy atom. The molecule has 2 fully saturated rings. The number of rotatable bonds is 1. The molecule has 2 aliphatic rings. The van der Waals surface area contributed by atoms with Crippen LogP contribution < -0.4 is 5.32 Å². The summed E-state index contributed by atoms with van der Waals surface area (Å²) >= 11 is 0. The predicted molar refractivity (Wildman–Crippen MR) is 53.6 cm³/mol. The van der Waals surface area contributed by atoms with Crippen molar-refractivity contribution in [3.8, 4) is 0 Å². The molecule has 1 saturated heterocycles. The summed E-state index contributed by atoms with van der Waals surface area (Å²) in [6.45, 7) is 2.10. The highest BCUT2D eigenvalue weighted by Gasteiger charge is 2.37. The zero-order valence-corrected chi connectivity index (χ0v) is 8.39. The van der Waals surface area contributed by atoms with Gasteiger partial charge in [0.25, 0.3) is 0 Å². The smallest absolute Gasteiger partial charge is 0.0688 e. The average molecular weight is 183 g/mol. The number of nitrogens with one attached hydrogen (secondary N) is 1. The minimum Gasteiger partial charge on any atom is -0.390 e. The molecule has 1 aliphatic heterocycles. The zero-order chi connectivity index (χ0) is 9.15. The number of hydrogen-bond donors (Lipinski definition) is 2. The van der Waals surface area contributed by atoms with Crippen molar-refractivity contribution in [1.82, 2.24) is 5.32 Å². The van der Waals surface area contributed by atoms with Crippen LogP contribution in [0.3, 0.4) is 0 Å². The van der Waals surface area contributed by atoms with E-state index in [0.717, 1.165) is 32.4 Å². The van der Waals surface area contributed by atoms with Crippen LogP contribution in [0.4, 0.5) is 0 Å². The Bertz CT molecular complexity index is 155. The van der Waals surface area contributed by atoms with Crippen LogP contribution in [0, 0.1) is 5.92 Å². The molecule has 2 rings (SSSR count). The Morgan fingerprint density at radius 2 is 1.77 bits per heavy atom. The third kappa shape index (κ3) is 2.05. The minimum absolute atomic E-state index is 0.319. The van der Waals surface area contributed by atoms with Gasteiger partial charge in [0.1, 0.15) is 0 Å². The molecule has 0 bridgehead atoms. The first-order chi connectivity index (χ1) is 6.31. The molecule has 1 aliphatic carbocycles. The fourth-order valence-corrected chi connectivity index (χ4v) is 2.95. The maximum Gasteiger partial charge on any atom is 0.0688 e. The summed E-state index contributed by atoms with van der Waals surface area (Å²) in [6.07, 6.45) is 8.32. The molecule has 1 saturated carbocycles. The first kappa shape index (κ1) is 9.47. The first-order valence-electron chi connectivity index (χ1n) is 5.74. The van der Waals surface area contributed by atoms with E-state index in [1.807, 2.05) is 0 Å². The van der Waals surface area contributed by atoms with E-state index in [2.05, 4.69) is 5.32 Å². The lowest BCUT2D eigenvalue weighted by atomic mass is 9.80. The van der Waals surface area contributed by atoms with E-state index in [0.29, 0.717) is 5.92 Å². The molecule has 0 amide bonds. The van der Waals surface area contributed by atoms with Crippen molar-refractivity contribution in [3.05, 3.63) is 0 Å². The van der Waals surface area contributed by atoms with Crippen molar-refractivity contribution in [3.63, 3.8) is 0 Å². The zero-order valence-electron chi connectivity index (χ0n) is 8.39. The molecule has 0 aromatic heterocycles. The second kappa shape index (κ2) is 3.97. The maximum absolute atomic E-state index is 10.5. The van der Waals surface area contributed by atoms with Crippen molar-refractivity contribution in [1.29, 1.82) is 0 Å². The van der Waals surface area contributed by atoms with Gasteiger partial charge in [-0.3, -0.25) is 0 Å². The lowest BCUT2D eigenvalue weighted by Gasteiger charge is -2.32. The highest BCUT2D eigenvalue weighted by molar-refractivity contribution is 4.91. The van der Waals surface area contributed by atoms with Gasteiger partial charge in [0.05, 0.1) is 5.60 Å². The average Bonchev–Trinajstić information content (AvgIpc) is 2.57. The Morgan fingerprint density at radius 1 is 1.00 bits per heavy atom. The SMILES string of the molecule is OC1(C2CCCC2)CCCNCC1. The topological polar surface area (TPSA) is 32.3 Å². The molecule has 1 heterocycles. The molecule has 0 radical (unpaired) electrons. The summed E-state index contributed by atoms with van der Waals surface area (Å²) in [7, 11) is 0. The van der Waals surface area contributed by atoms with Gasteiger partial charge in [0.2, 0.25) is 0 Å². The van der Waals surface area contributed by atoms with Crippen molar-refractivity contribution in [2.45, 2.75) is 50.5 Å². The highest BCUT2D eigenvalue weighted by Crippen LogP contribution is 2.39. The standard InChI is InChI=1S/C11H21NO/c13-11(10-4-1-2-5-10)6-3-8-12-9-7-11/h10,12-13H,1-9H2. The van der Waals surface area contributed by atoms with Crippen LogP contribution in [-0.2, 0) is 0 Å². The molecule has 0 aromatic rings. The molecule has 2 nitrogen and oxygen atoms in total. The lowest BCUT2D eigenvalue weighted by molar-refractivity contribution is -0.0269. The first-order valence-corrected chi connectivity index (χ1v) is 5.74. The van der Waals surface area contributed by atoms with Crippen molar-refractivity contribution in [2.24, 2.45) is 5.92 Å². The van der Waals surface area contributed by atoms with Gasteiger partial charge < -0.3 is 10.4 Å². The van der Waals surface area contributed by atoms with E-state index in [4.69, 9.17) is 0 Å². The third-order valence-electron chi connectivity index (χ3n) is 3.81. The molecular weight excluding hydrogens is 162 g/mol. The van der Waals surface area contributed by atoms with Gasteiger partial charge in [-0.2, -0.15) is 0 Å². The van der Waals surface area contributed by atoms with Gasteiger partial charge in [-0.15, -0.1) is 0 Å². The van der Waals surface area contributed by atoms with Crippen LogP contribution in [0.15, 0.2) is 0 Å². The largest absolute Gasteiger partial charge is 0.390 e. The van der Waals surface area contributed by atoms with Crippen molar-refractivity contribution < 1.29 is 5.11 Å². The molecule has 76 valence electrons. The second-order valence-corrected chi connectivity index (χ2v) is 4.69. The van der Waals surface area contributed by atoms with Gasteiger partial charge in [-0.25, -0.2) is 0 Å². The number of hydrogen-bond acceptors (Lipinski definition) is 2. The Hall–Kier alpha value is -0.0800. The molecule has 13 heavy (non-hydrogen) atoms. The van der Waals surface area contributed by atoms with Crippen molar-refractivity contribution in [2.75, 3.05) is 13.1 Å². The van der Waals surface area contributed by atoms with Crippen LogP contribution in [0.5, 0.6) is 0 Å². The summed E-state index contributed by atoms with van der Waals surface area (Å²) in [5.41, 5.74) is -0.319. The molecule has 0 aromatic carbocycles. The Kier molecular flexibility index (Phi) is 2.89. The maximum atomic E-state index is 10.5. The second-order valence-electron chi connectivity index (χ2n) is 4.69. The van der Waals surface area contributed by atoms with Crippen LogP contribution in [0.2, 0.25) is 0 Å². The van der Waals surface area contributed by atoms with Gasteiger partial charge in [0, 0.05) is 0 Å². The van der Waals surface area contributed by atoms with Crippen LogP contribution >= 0.6 is 0 Å². The number of aliphatic hydroxyl groups is 1. The van der Waals surface area contributed by atoms with E-state index in [1.165, 1.54) is 25.7 Å². The summed E-state index contributed by atoms with van der Waals surface area (Å²) in [4.78, 5) is 0. The predicted octanol–water partition coefficient (Wildman–Crippen LogP) is 1.68. The van der Waals surface area contributed by atoms with Gasteiger partial charge in [0.15, 0.2) is 0 Å². The molecule has 0 spiro atoms. The Labute approximate surface area is 80.7 Å². The highest BCUT2D eigenvalue weighted by atomic mass is 16.3.